The van der Waals surface area contributed by atoms with Crippen molar-refractivity contribution in [3.63, 3.8) is 0 Å². The van der Waals surface area contributed by atoms with E-state index in [1.54, 1.807) is 6.92 Å². The first kappa shape index (κ1) is 17.1. The summed E-state index contributed by atoms with van der Waals surface area (Å²) < 4.78 is 27.1. The first-order chi connectivity index (χ1) is 9.33. The van der Waals surface area contributed by atoms with E-state index < -0.39 is 10.0 Å². The van der Waals surface area contributed by atoms with Crippen LogP contribution in [0.4, 0.5) is 0 Å². The zero-order chi connectivity index (χ0) is 15.3. The molecule has 1 heterocycles. The molecule has 0 bridgehead atoms. The van der Waals surface area contributed by atoms with Gasteiger partial charge < -0.3 is 10.6 Å². The smallest absolute Gasteiger partial charge is 0.244 e. The lowest BCUT2D eigenvalue weighted by Gasteiger charge is -2.23. The molecule has 0 aliphatic rings. The van der Waals surface area contributed by atoms with E-state index in [1.807, 2.05) is 7.05 Å². The van der Waals surface area contributed by atoms with Crippen LogP contribution in [0.5, 0.6) is 0 Å². The van der Waals surface area contributed by atoms with Gasteiger partial charge in [-0.15, -0.1) is 0 Å². The number of sulfonamides is 1. The highest BCUT2D eigenvalue weighted by molar-refractivity contribution is 7.89. The molecule has 1 atom stereocenters. The number of likely N-dealkylation sites (N-methyl/N-ethyl adjacent to an activating group) is 1. The van der Waals surface area contributed by atoms with Crippen LogP contribution in [0.2, 0.25) is 0 Å². The Bertz CT molecular complexity index is 526. The third-order valence-electron chi connectivity index (χ3n) is 3.52. The molecule has 1 unspecified atom stereocenters. The van der Waals surface area contributed by atoms with Crippen molar-refractivity contribution in [2.45, 2.75) is 44.7 Å². The summed E-state index contributed by atoms with van der Waals surface area (Å²) in [6.07, 6.45) is 1.03. The maximum Gasteiger partial charge on any atom is 0.244 e. The molecule has 4 N–H and O–H groups in total. The van der Waals surface area contributed by atoms with E-state index in [0.717, 1.165) is 6.42 Å². The molecule has 0 aliphatic carbocycles. The molecule has 20 heavy (non-hydrogen) atoms. The molecule has 0 amide bonds. The Balaban J connectivity index is 2.69. The molecule has 0 aliphatic heterocycles. The maximum atomic E-state index is 12.3. The van der Waals surface area contributed by atoms with E-state index in [4.69, 9.17) is 5.73 Å². The van der Waals surface area contributed by atoms with E-state index in [1.165, 1.54) is 0 Å². The Morgan fingerprint density at radius 1 is 1.50 bits per heavy atom. The zero-order valence-corrected chi connectivity index (χ0v) is 13.4. The Morgan fingerprint density at radius 3 is 2.70 bits per heavy atom. The van der Waals surface area contributed by atoms with Crippen LogP contribution in [-0.4, -0.2) is 49.7 Å². The van der Waals surface area contributed by atoms with Crippen LogP contribution < -0.4 is 10.5 Å². The summed E-state index contributed by atoms with van der Waals surface area (Å²) >= 11 is 0. The van der Waals surface area contributed by atoms with Crippen LogP contribution in [0.15, 0.2) is 4.90 Å². The topological polar surface area (TPSA) is 104 Å². The van der Waals surface area contributed by atoms with Crippen molar-refractivity contribution in [3.05, 3.63) is 11.4 Å². The number of aromatic nitrogens is 2. The normalized spacial score (nSPS) is 13.9. The Kier molecular flexibility index (Phi) is 6.12. The second-order valence-corrected chi connectivity index (χ2v) is 6.67. The van der Waals surface area contributed by atoms with Crippen molar-refractivity contribution in [2.24, 2.45) is 5.73 Å². The predicted molar refractivity (Wildman–Crippen MR) is 78.8 cm³/mol. The van der Waals surface area contributed by atoms with Crippen LogP contribution in [0.25, 0.3) is 0 Å². The number of nitrogens with two attached hydrogens (primary N) is 1. The summed E-state index contributed by atoms with van der Waals surface area (Å²) in [5.74, 6) is 0. The molecule has 1 aromatic rings. The van der Waals surface area contributed by atoms with E-state index in [-0.39, 0.29) is 11.4 Å². The average Bonchev–Trinajstić information content (AvgIpc) is 2.79. The van der Waals surface area contributed by atoms with Gasteiger partial charge in [-0.1, -0.05) is 6.92 Å². The number of rotatable bonds is 8. The van der Waals surface area contributed by atoms with Gasteiger partial charge in [0.25, 0.3) is 0 Å². The van der Waals surface area contributed by atoms with Crippen LogP contribution >= 0.6 is 0 Å². The fourth-order valence-electron chi connectivity index (χ4n) is 1.92. The van der Waals surface area contributed by atoms with Crippen LogP contribution in [0.1, 0.15) is 31.7 Å². The summed E-state index contributed by atoms with van der Waals surface area (Å²) in [6, 6.07) is 0.426. The molecule has 0 spiro atoms. The maximum absolute atomic E-state index is 12.3. The standard InChI is InChI=1S/C12H25N5O2S/c1-5-9(2)17(4)7-6-14-20(18,19)12-10(3)15-16-11(12)8-13/h9,14H,5-8,13H2,1-4H3,(H,15,16). The number of nitrogens with zero attached hydrogens (tertiary/aromatic N) is 2. The van der Waals surface area contributed by atoms with Gasteiger partial charge in [0.05, 0.1) is 11.4 Å². The van der Waals surface area contributed by atoms with Gasteiger partial charge in [-0.05, 0) is 27.3 Å². The summed E-state index contributed by atoms with van der Waals surface area (Å²) in [5.41, 5.74) is 6.39. The summed E-state index contributed by atoms with van der Waals surface area (Å²) in [5, 5.41) is 6.57. The van der Waals surface area contributed by atoms with E-state index in [9.17, 15) is 8.42 Å². The molecule has 1 aromatic heterocycles. The molecule has 7 nitrogen and oxygen atoms in total. The van der Waals surface area contributed by atoms with E-state index in [2.05, 4.69) is 33.7 Å². The third-order valence-corrected chi connectivity index (χ3v) is 5.19. The molecule has 0 radical (unpaired) electrons. The Labute approximate surface area is 121 Å². The summed E-state index contributed by atoms with van der Waals surface area (Å²) in [6.45, 7) is 7.00. The van der Waals surface area contributed by atoms with Crippen LogP contribution in [-0.2, 0) is 16.6 Å². The van der Waals surface area contributed by atoms with Crippen molar-refractivity contribution in [1.82, 2.24) is 19.8 Å². The number of hydrogen-bond donors (Lipinski definition) is 3. The van der Waals surface area contributed by atoms with Gasteiger partial charge in [0.2, 0.25) is 10.0 Å². The van der Waals surface area contributed by atoms with Crippen molar-refractivity contribution in [3.8, 4) is 0 Å². The largest absolute Gasteiger partial charge is 0.325 e. The first-order valence-corrected chi connectivity index (χ1v) is 8.25. The lowest BCUT2D eigenvalue weighted by Crippen LogP contribution is -2.37. The quantitative estimate of drug-likeness (QED) is 0.636. The summed E-state index contributed by atoms with van der Waals surface area (Å²) in [7, 11) is -1.59. The number of H-pyrrole nitrogens is 1. The minimum atomic E-state index is -3.57. The zero-order valence-electron chi connectivity index (χ0n) is 12.6. The fraction of sp³-hybridized carbons (Fsp3) is 0.750. The van der Waals surface area contributed by atoms with Crippen molar-refractivity contribution in [2.75, 3.05) is 20.1 Å². The molecular formula is C12H25N5O2S. The van der Waals surface area contributed by atoms with Gasteiger partial charge >= 0.3 is 0 Å². The van der Waals surface area contributed by atoms with Crippen molar-refractivity contribution >= 4 is 10.0 Å². The minimum Gasteiger partial charge on any atom is -0.325 e. The average molecular weight is 303 g/mol. The fourth-order valence-corrected chi connectivity index (χ4v) is 3.32. The van der Waals surface area contributed by atoms with Crippen molar-refractivity contribution < 1.29 is 8.42 Å². The molecule has 116 valence electrons. The number of aryl methyl sites for hydroxylation is 1. The van der Waals surface area contributed by atoms with Crippen LogP contribution in [0, 0.1) is 6.92 Å². The third kappa shape index (κ3) is 4.02. The number of nitrogens with one attached hydrogen (secondary N) is 2. The molecular weight excluding hydrogens is 278 g/mol. The van der Waals surface area contributed by atoms with Gasteiger partial charge in [-0.2, -0.15) is 5.10 Å². The molecule has 8 heteroatoms. The monoisotopic (exact) mass is 303 g/mol. The van der Waals surface area contributed by atoms with Gasteiger partial charge in [-0.25, -0.2) is 13.1 Å². The Hall–Kier alpha value is -0.960. The van der Waals surface area contributed by atoms with Crippen molar-refractivity contribution in [1.29, 1.82) is 0 Å². The first-order valence-electron chi connectivity index (χ1n) is 6.77. The predicted octanol–water partition coefficient (Wildman–Crippen LogP) is 0.185. The molecule has 0 fully saturated rings. The van der Waals surface area contributed by atoms with Gasteiger partial charge in [0.1, 0.15) is 4.90 Å². The number of hydrogen-bond acceptors (Lipinski definition) is 5. The molecule has 0 saturated carbocycles. The highest BCUT2D eigenvalue weighted by atomic mass is 32.2. The van der Waals surface area contributed by atoms with E-state index >= 15 is 0 Å². The van der Waals surface area contributed by atoms with Crippen LogP contribution in [0.3, 0.4) is 0 Å². The summed E-state index contributed by atoms with van der Waals surface area (Å²) in [4.78, 5) is 2.29. The lowest BCUT2D eigenvalue weighted by atomic mass is 10.2. The van der Waals surface area contributed by atoms with Gasteiger partial charge in [0.15, 0.2) is 0 Å². The second-order valence-electron chi connectivity index (χ2n) is 4.96. The van der Waals surface area contributed by atoms with E-state index in [0.29, 0.717) is 30.5 Å². The molecule has 1 rings (SSSR count). The SMILES string of the molecule is CCC(C)N(C)CCNS(=O)(=O)c1c(CN)n[nH]c1C. The molecule has 0 aromatic carbocycles. The second kappa shape index (κ2) is 7.16. The minimum absolute atomic E-state index is 0.0906. The highest BCUT2D eigenvalue weighted by Gasteiger charge is 2.23. The highest BCUT2D eigenvalue weighted by Crippen LogP contribution is 2.16. The van der Waals surface area contributed by atoms with Gasteiger partial charge in [0, 0.05) is 25.7 Å². The Morgan fingerprint density at radius 2 is 2.15 bits per heavy atom. The van der Waals surface area contributed by atoms with Gasteiger partial charge in [-0.3, -0.25) is 5.10 Å². The molecule has 0 saturated heterocycles. The lowest BCUT2D eigenvalue weighted by molar-refractivity contribution is 0.256. The number of aromatic amines is 1.